The first-order valence-corrected chi connectivity index (χ1v) is 5.33. The Hall–Kier alpha value is -1.74. The van der Waals surface area contributed by atoms with Crippen LogP contribution in [-0.4, -0.2) is 9.97 Å². The van der Waals surface area contributed by atoms with E-state index in [2.05, 4.69) is 41.2 Å². The third-order valence-electron chi connectivity index (χ3n) is 2.44. The molecule has 1 heterocycles. The molecule has 0 amide bonds. The number of hydrogen-bond donors (Lipinski definition) is 1. The molecule has 3 nitrogen and oxygen atoms in total. The van der Waals surface area contributed by atoms with E-state index in [1.165, 1.54) is 11.1 Å². The molecular weight excluding hydrogens is 198 g/mol. The lowest BCUT2D eigenvalue weighted by Gasteiger charge is -2.02. The van der Waals surface area contributed by atoms with E-state index in [-0.39, 0.29) is 0 Å². The van der Waals surface area contributed by atoms with Gasteiger partial charge in [-0.1, -0.05) is 29.8 Å². The predicted octanol–water partition coefficient (Wildman–Crippen LogP) is 1.83. The number of benzene rings is 1. The number of hydrogen-bond acceptors (Lipinski definition) is 3. The van der Waals surface area contributed by atoms with Gasteiger partial charge in [-0.15, -0.1) is 0 Å². The molecule has 1 aromatic carbocycles. The van der Waals surface area contributed by atoms with Gasteiger partial charge in [0, 0.05) is 30.9 Å². The highest BCUT2D eigenvalue weighted by Crippen LogP contribution is 2.08. The van der Waals surface area contributed by atoms with Crippen molar-refractivity contribution < 1.29 is 0 Å². The van der Waals surface area contributed by atoms with E-state index >= 15 is 0 Å². The van der Waals surface area contributed by atoms with Gasteiger partial charge in [-0.05, 0) is 12.5 Å². The quantitative estimate of drug-likeness (QED) is 0.846. The molecule has 0 atom stereocenters. The number of nitrogens with zero attached hydrogens (tertiary/aromatic N) is 2. The van der Waals surface area contributed by atoms with Gasteiger partial charge >= 0.3 is 0 Å². The van der Waals surface area contributed by atoms with E-state index in [0.29, 0.717) is 6.54 Å². The van der Waals surface area contributed by atoms with Gasteiger partial charge < -0.3 is 5.73 Å². The van der Waals surface area contributed by atoms with E-state index in [4.69, 9.17) is 5.73 Å². The van der Waals surface area contributed by atoms with Crippen molar-refractivity contribution in [3.8, 4) is 0 Å². The van der Waals surface area contributed by atoms with Crippen LogP contribution >= 0.6 is 0 Å². The minimum Gasteiger partial charge on any atom is -0.326 e. The van der Waals surface area contributed by atoms with Crippen LogP contribution in [0.5, 0.6) is 0 Å². The SMILES string of the molecule is Cc1cccc(Cc2ncc(CN)cn2)c1. The minimum atomic E-state index is 0.491. The van der Waals surface area contributed by atoms with Crippen molar-refractivity contribution in [2.75, 3.05) is 0 Å². The molecule has 0 saturated carbocycles. The number of aryl methyl sites for hydroxylation is 1. The Kier molecular flexibility index (Phi) is 3.27. The summed E-state index contributed by atoms with van der Waals surface area (Å²) in [5, 5.41) is 0. The smallest absolute Gasteiger partial charge is 0.132 e. The second-order valence-electron chi connectivity index (χ2n) is 3.88. The van der Waals surface area contributed by atoms with E-state index in [9.17, 15) is 0 Å². The molecule has 0 bridgehead atoms. The normalized spacial score (nSPS) is 10.4. The molecule has 3 heteroatoms. The first kappa shape index (κ1) is 10.8. The fourth-order valence-electron chi connectivity index (χ4n) is 1.58. The fraction of sp³-hybridized carbons (Fsp3) is 0.231. The molecule has 82 valence electrons. The van der Waals surface area contributed by atoms with E-state index in [1.54, 1.807) is 12.4 Å². The standard InChI is InChI=1S/C13H15N3/c1-10-3-2-4-11(5-10)6-13-15-8-12(7-14)9-16-13/h2-5,8-9H,6-7,14H2,1H3. The van der Waals surface area contributed by atoms with Crippen LogP contribution in [-0.2, 0) is 13.0 Å². The average molecular weight is 213 g/mol. The highest BCUT2D eigenvalue weighted by Gasteiger charge is 1.99. The molecule has 0 fully saturated rings. The molecule has 0 radical (unpaired) electrons. The van der Waals surface area contributed by atoms with Gasteiger partial charge in [-0.2, -0.15) is 0 Å². The van der Waals surface area contributed by atoms with Crippen LogP contribution in [0.4, 0.5) is 0 Å². The Labute approximate surface area is 95.4 Å². The van der Waals surface area contributed by atoms with Crippen LogP contribution in [0.25, 0.3) is 0 Å². The zero-order chi connectivity index (χ0) is 11.4. The summed E-state index contributed by atoms with van der Waals surface area (Å²) in [6.45, 7) is 2.58. The van der Waals surface area contributed by atoms with Crippen molar-refractivity contribution in [2.45, 2.75) is 19.9 Å². The van der Waals surface area contributed by atoms with Crippen LogP contribution in [0.15, 0.2) is 36.7 Å². The van der Waals surface area contributed by atoms with Gasteiger partial charge in [0.25, 0.3) is 0 Å². The van der Waals surface area contributed by atoms with Crippen LogP contribution in [0.1, 0.15) is 22.5 Å². The lowest BCUT2D eigenvalue weighted by atomic mass is 10.1. The third kappa shape index (κ3) is 2.64. The molecule has 1 aromatic heterocycles. The number of rotatable bonds is 3. The summed E-state index contributed by atoms with van der Waals surface area (Å²) in [7, 11) is 0. The van der Waals surface area contributed by atoms with Crippen LogP contribution in [0.3, 0.4) is 0 Å². The maximum absolute atomic E-state index is 5.49. The van der Waals surface area contributed by atoms with E-state index < -0.39 is 0 Å². The second kappa shape index (κ2) is 4.86. The zero-order valence-electron chi connectivity index (χ0n) is 9.35. The largest absolute Gasteiger partial charge is 0.326 e. The summed E-state index contributed by atoms with van der Waals surface area (Å²) in [5.41, 5.74) is 8.95. The topological polar surface area (TPSA) is 51.8 Å². The minimum absolute atomic E-state index is 0.491. The van der Waals surface area contributed by atoms with Crippen molar-refractivity contribution in [3.63, 3.8) is 0 Å². The first-order chi connectivity index (χ1) is 7.78. The van der Waals surface area contributed by atoms with Gasteiger partial charge in [0.05, 0.1) is 0 Å². The number of nitrogens with two attached hydrogens (primary N) is 1. The molecule has 0 aliphatic rings. The Balaban J connectivity index is 2.14. The van der Waals surface area contributed by atoms with Crippen LogP contribution < -0.4 is 5.73 Å². The summed E-state index contributed by atoms with van der Waals surface area (Å²) in [6.07, 6.45) is 4.35. The van der Waals surface area contributed by atoms with Crippen molar-refractivity contribution in [3.05, 3.63) is 59.2 Å². The highest BCUT2D eigenvalue weighted by molar-refractivity contribution is 5.24. The summed E-state index contributed by atoms with van der Waals surface area (Å²) < 4.78 is 0. The molecule has 2 N–H and O–H groups in total. The van der Waals surface area contributed by atoms with Crippen LogP contribution in [0, 0.1) is 6.92 Å². The van der Waals surface area contributed by atoms with Gasteiger partial charge in [-0.25, -0.2) is 9.97 Å². The third-order valence-corrected chi connectivity index (χ3v) is 2.44. The highest BCUT2D eigenvalue weighted by atomic mass is 14.9. The maximum atomic E-state index is 5.49. The van der Waals surface area contributed by atoms with Crippen molar-refractivity contribution in [1.82, 2.24) is 9.97 Å². The summed E-state index contributed by atoms with van der Waals surface area (Å²) in [6, 6.07) is 8.38. The molecule has 2 aromatic rings. The Morgan fingerprint density at radius 3 is 2.50 bits per heavy atom. The molecule has 0 spiro atoms. The van der Waals surface area contributed by atoms with Crippen LogP contribution in [0.2, 0.25) is 0 Å². The molecule has 2 rings (SSSR count). The van der Waals surface area contributed by atoms with Gasteiger partial charge in [0.2, 0.25) is 0 Å². The van der Waals surface area contributed by atoms with Gasteiger partial charge in [-0.3, -0.25) is 0 Å². The van der Waals surface area contributed by atoms with Crippen molar-refractivity contribution in [1.29, 1.82) is 0 Å². The molecule has 16 heavy (non-hydrogen) atoms. The Bertz CT molecular complexity index is 463. The number of aromatic nitrogens is 2. The lowest BCUT2D eigenvalue weighted by molar-refractivity contribution is 0.924. The molecule has 0 aliphatic carbocycles. The lowest BCUT2D eigenvalue weighted by Crippen LogP contribution is -2.01. The summed E-state index contributed by atoms with van der Waals surface area (Å²) in [5.74, 6) is 0.836. The zero-order valence-corrected chi connectivity index (χ0v) is 9.35. The molecule has 0 saturated heterocycles. The van der Waals surface area contributed by atoms with Gasteiger partial charge in [0.15, 0.2) is 0 Å². The second-order valence-corrected chi connectivity index (χ2v) is 3.88. The Morgan fingerprint density at radius 2 is 1.88 bits per heavy atom. The van der Waals surface area contributed by atoms with E-state index in [0.717, 1.165) is 17.8 Å². The Morgan fingerprint density at radius 1 is 1.12 bits per heavy atom. The van der Waals surface area contributed by atoms with E-state index in [1.807, 2.05) is 0 Å². The summed E-state index contributed by atoms with van der Waals surface area (Å²) in [4.78, 5) is 8.57. The van der Waals surface area contributed by atoms with Gasteiger partial charge in [0.1, 0.15) is 5.82 Å². The molecule has 0 aliphatic heterocycles. The van der Waals surface area contributed by atoms with Crippen molar-refractivity contribution in [2.24, 2.45) is 5.73 Å². The first-order valence-electron chi connectivity index (χ1n) is 5.33. The average Bonchev–Trinajstić information content (AvgIpc) is 2.30. The predicted molar refractivity (Wildman–Crippen MR) is 63.9 cm³/mol. The monoisotopic (exact) mass is 213 g/mol. The maximum Gasteiger partial charge on any atom is 0.132 e. The fourth-order valence-corrected chi connectivity index (χ4v) is 1.58. The van der Waals surface area contributed by atoms with Crippen molar-refractivity contribution >= 4 is 0 Å². The summed E-state index contributed by atoms with van der Waals surface area (Å²) >= 11 is 0. The molecule has 0 unspecified atom stereocenters. The molecular formula is C13H15N3.